The summed E-state index contributed by atoms with van der Waals surface area (Å²) in [5.74, 6) is -2.00. The van der Waals surface area contributed by atoms with Crippen LogP contribution in [0, 0.1) is 0 Å². The van der Waals surface area contributed by atoms with E-state index in [0.29, 0.717) is 0 Å². The first-order valence-electron chi connectivity index (χ1n) is 6.27. The molecule has 0 radical (unpaired) electrons. The second-order valence-electron chi connectivity index (χ2n) is 4.93. The summed E-state index contributed by atoms with van der Waals surface area (Å²) in [5, 5.41) is 11.4. The van der Waals surface area contributed by atoms with Crippen LogP contribution in [0.1, 0.15) is 12.5 Å². The van der Waals surface area contributed by atoms with E-state index in [9.17, 15) is 14.4 Å². The maximum absolute atomic E-state index is 12.3. The molecule has 4 N–H and O–H groups in total. The molecule has 1 aromatic heterocycles. The number of carbonyl (C=O) groups is 3. The standard InChI is InChI=1S/C13H14IN3O4/c14-7-9(18)10(17-4-2-1-3-5-17)13(15)6-8(11(19)20)16-12(13)21/h1-5,8,10H,6-7,15H2,(H-,16,19,20,21)/p+1. The number of carboxylic acids is 1. The summed E-state index contributed by atoms with van der Waals surface area (Å²) < 4.78 is 1.74. The number of ketones is 1. The number of alkyl halides is 1. The van der Waals surface area contributed by atoms with Crippen LogP contribution in [0.3, 0.4) is 0 Å². The van der Waals surface area contributed by atoms with Crippen molar-refractivity contribution in [3.63, 3.8) is 0 Å². The Balaban J connectivity index is 2.44. The van der Waals surface area contributed by atoms with Crippen LogP contribution < -0.4 is 15.6 Å². The van der Waals surface area contributed by atoms with Crippen molar-refractivity contribution < 1.29 is 24.1 Å². The number of carboxylic acid groups (broad SMARTS) is 1. The molecule has 1 aromatic rings. The molecule has 0 saturated carbocycles. The Labute approximate surface area is 134 Å². The van der Waals surface area contributed by atoms with Gasteiger partial charge in [0.25, 0.3) is 0 Å². The summed E-state index contributed by atoms with van der Waals surface area (Å²) in [6.07, 6.45) is 3.16. The largest absolute Gasteiger partial charge is 0.480 e. The number of pyridine rings is 1. The van der Waals surface area contributed by atoms with Crippen LogP contribution in [0.15, 0.2) is 30.6 Å². The molecule has 2 rings (SSSR count). The topological polar surface area (TPSA) is 113 Å². The molecule has 112 valence electrons. The van der Waals surface area contributed by atoms with Crippen LogP contribution in [-0.2, 0) is 14.4 Å². The van der Waals surface area contributed by atoms with Gasteiger partial charge in [-0.1, -0.05) is 28.7 Å². The average Bonchev–Trinajstić information content (AvgIpc) is 2.77. The van der Waals surface area contributed by atoms with Gasteiger partial charge in [-0.2, -0.15) is 4.57 Å². The lowest BCUT2D eigenvalue weighted by Crippen LogP contribution is -2.64. The highest BCUT2D eigenvalue weighted by Crippen LogP contribution is 2.28. The monoisotopic (exact) mass is 404 g/mol. The zero-order valence-electron chi connectivity index (χ0n) is 11.0. The third-order valence-electron chi connectivity index (χ3n) is 3.53. The minimum absolute atomic E-state index is 0.129. The number of Topliss-reactive ketones (excluding diaryl/α,β-unsaturated/α-hetero) is 1. The van der Waals surface area contributed by atoms with Crippen molar-refractivity contribution >= 4 is 40.3 Å². The highest BCUT2D eigenvalue weighted by Gasteiger charge is 2.58. The maximum atomic E-state index is 12.3. The van der Waals surface area contributed by atoms with Crippen LogP contribution in [0.2, 0.25) is 0 Å². The number of carbonyl (C=O) groups excluding carboxylic acids is 2. The zero-order valence-corrected chi connectivity index (χ0v) is 13.2. The van der Waals surface area contributed by atoms with E-state index in [-0.39, 0.29) is 16.6 Å². The minimum atomic E-state index is -1.57. The first-order valence-corrected chi connectivity index (χ1v) is 7.80. The lowest BCUT2D eigenvalue weighted by molar-refractivity contribution is -0.714. The predicted molar refractivity (Wildman–Crippen MR) is 80.7 cm³/mol. The first kappa shape index (κ1) is 15.8. The molecule has 1 aliphatic heterocycles. The molecule has 1 saturated heterocycles. The molecule has 0 bridgehead atoms. The fourth-order valence-electron chi connectivity index (χ4n) is 2.54. The van der Waals surface area contributed by atoms with E-state index in [1.54, 1.807) is 35.2 Å². The molecule has 3 unspecified atom stereocenters. The van der Waals surface area contributed by atoms with Crippen molar-refractivity contribution in [3.8, 4) is 0 Å². The molecule has 1 amide bonds. The van der Waals surface area contributed by atoms with Crippen LogP contribution >= 0.6 is 22.6 Å². The van der Waals surface area contributed by atoms with Crippen molar-refractivity contribution in [1.82, 2.24) is 5.32 Å². The van der Waals surface area contributed by atoms with Gasteiger partial charge in [0.15, 0.2) is 17.9 Å². The first-order chi connectivity index (χ1) is 9.90. The molecule has 7 nitrogen and oxygen atoms in total. The van der Waals surface area contributed by atoms with Gasteiger partial charge in [-0.05, 0) is 0 Å². The molecule has 2 heterocycles. The van der Waals surface area contributed by atoms with Gasteiger partial charge in [-0.3, -0.25) is 9.59 Å². The van der Waals surface area contributed by atoms with Crippen LogP contribution in [0.4, 0.5) is 0 Å². The third-order valence-corrected chi connectivity index (χ3v) is 4.28. The molecule has 0 aliphatic carbocycles. The van der Waals surface area contributed by atoms with Gasteiger partial charge in [0, 0.05) is 18.6 Å². The number of amides is 1. The minimum Gasteiger partial charge on any atom is -0.480 e. The molecule has 1 aliphatic rings. The predicted octanol–water partition coefficient (Wildman–Crippen LogP) is -0.810. The van der Waals surface area contributed by atoms with E-state index in [0.717, 1.165) is 0 Å². The molecule has 21 heavy (non-hydrogen) atoms. The van der Waals surface area contributed by atoms with Crippen molar-refractivity contribution in [3.05, 3.63) is 30.6 Å². The van der Waals surface area contributed by atoms with Gasteiger partial charge in [0.2, 0.25) is 17.7 Å². The normalized spacial score (nSPS) is 26.2. The van der Waals surface area contributed by atoms with E-state index in [4.69, 9.17) is 10.8 Å². The van der Waals surface area contributed by atoms with Gasteiger partial charge < -0.3 is 16.2 Å². The molecule has 8 heteroatoms. The van der Waals surface area contributed by atoms with Crippen molar-refractivity contribution in [2.45, 2.75) is 24.0 Å². The molecular formula is C13H15IN3O4+. The molecule has 3 atom stereocenters. The van der Waals surface area contributed by atoms with E-state index < -0.39 is 29.5 Å². The quantitative estimate of drug-likeness (QED) is 0.338. The van der Waals surface area contributed by atoms with Gasteiger partial charge in [0.05, 0.1) is 4.43 Å². The number of nitrogens with one attached hydrogen (secondary N) is 1. The summed E-state index contributed by atoms with van der Waals surface area (Å²) in [4.78, 5) is 35.5. The fraction of sp³-hybridized carbons (Fsp3) is 0.385. The average molecular weight is 404 g/mol. The summed E-state index contributed by atoms with van der Waals surface area (Å²) in [5.41, 5.74) is 4.59. The second kappa shape index (κ2) is 6.06. The Morgan fingerprint density at radius 1 is 1.48 bits per heavy atom. The molecule has 1 fully saturated rings. The summed E-state index contributed by atoms with van der Waals surface area (Å²) in [7, 11) is 0. The van der Waals surface area contributed by atoms with E-state index in [2.05, 4.69) is 5.32 Å². The second-order valence-corrected chi connectivity index (χ2v) is 5.70. The van der Waals surface area contributed by atoms with Gasteiger partial charge in [-0.25, -0.2) is 4.79 Å². The lowest BCUT2D eigenvalue weighted by atomic mass is 9.85. The van der Waals surface area contributed by atoms with Crippen molar-refractivity contribution in [2.75, 3.05) is 4.43 Å². The molecule has 0 aromatic carbocycles. The number of halogens is 1. The van der Waals surface area contributed by atoms with E-state index in [1.807, 2.05) is 22.6 Å². The summed E-state index contributed by atoms with van der Waals surface area (Å²) in [6.45, 7) is 0. The number of aliphatic carboxylic acids is 1. The van der Waals surface area contributed by atoms with Crippen LogP contribution in [0.25, 0.3) is 0 Å². The number of hydrogen-bond donors (Lipinski definition) is 3. The van der Waals surface area contributed by atoms with E-state index in [1.165, 1.54) is 0 Å². The van der Waals surface area contributed by atoms with E-state index >= 15 is 0 Å². The number of aromatic nitrogens is 1. The SMILES string of the molecule is NC1(C(C(=O)CI)[n+]2ccccc2)CC(C(=O)O)NC1=O. The van der Waals surface area contributed by atoms with Crippen molar-refractivity contribution in [1.29, 1.82) is 0 Å². The zero-order chi connectivity index (χ0) is 15.6. The number of hydrogen-bond acceptors (Lipinski definition) is 4. The number of nitrogens with zero attached hydrogens (tertiary/aromatic N) is 1. The fourth-order valence-corrected chi connectivity index (χ4v) is 2.95. The number of rotatable bonds is 5. The van der Waals surface area contributed by atoms with Gasteiger partial charge in [0.1, 0.15) is 6.04 Å². The maximum Gasteiger partial charge on any atom is 0.326 e. The Bertz CT molecular complexity index is 580. The molecular weight excluding hydrogens is 389 g/mol. The highest BCUT2D eigenvalue weighted by atomic mass is 127. The Kier molecular flexibility index (Phi) is 4.57. The van der Waals surface area contributed by atoms with Gasteiger partial charge in [-0.15, -0.1) is 0 Å². The smallest absolute Gasteiger partial charge is 0.326 e. The van der Waals surface area contributed by atoms with Crippen LogP contribution in [-0.4, -0.2) is 38.8 Å². The summed E-state index contributed by atoms with van der Waals surface area (Å²) >= 11 is 1.91. The number of nitrogens with two attached hydrogens (primary N) is 1. The Morgan fingerprint density at radius 3 is 2.57 bits per heavy atom. The Hall–Kier alpha value is -1.55. The summed E-state index contributed by atoms with van der Waals surface area (Å²) in [6, 6.07) is 3.22. The molecule has 0 spiro atoms. The van der Waals surface area contributed by atoms with Crippen molar-refractivity contribution in [2.24, 2.45) is 5.73 Å². The van der Waals surface area contributed by atoms with Gasteiger partial charge >= 0.3 is 5.97 Å². The van der Waals surface area contributed by atoms with Crippen LogP contribution in [0.5, 0.6) is 0 Å². The lowest BCUT2D eigenvalue weighted by Gasteiger charge is -2.25. The third kappa shape index (κ3) is 2.91. The highest BCUT2D eigenvalue weighted by molar-refractivity contribution is 14.1. The Morgan fingerprint density at radius 2 is 2.10 bits per heavy atom.